The summed E-state index contributed by atoms with van der Waals surface area (Å²) in [7, 11) is 1.64. The highest BCUT2D eigenvalue weighted by Gasteiger charge is 2.08. The molecule has 1 aromatic carbocycles. The Morgan fingerprint density at radius 2 is 2.09 bits per heavy atom. The van der Waals surface area contributed by atoms with E-state index in [1.54, 1.807) is 11.8 Å². The fourth-order valence-corrected chi connectivity index (χ4v) is 2.07. The van der Waals surface area contributed by atoms with Crippen molar-refractivity contribution in [2.24, 2.45) is 0 Å². The molecule has 0 amide bonds. The molecule has 1 heterocycles. The largest absolute Gasteiger partial charge is 0.493 e. The summed E-state index contributed by atoms with van der Waals surface area (Å²) in [5, 5.41) is 15.0. The van der Waals surface area contributed by atoms with Crippen LogP contribution in [0, 0.1) is 0 Å². The lowest BCUT2D eigenvalue weighted by molar-refractivity contribution is 0.310. The van der Waals surface area contributed by atoms with Gasteiger partial charge < -0.3 is 14.8 Å². The van der Waals surface area contributed by atoms with E-state index >= 15 is 0 Å². The Balaban J connectivity index is 2.02. The first-order chi connectivity index (χ1) is 10.8. The summed E-state index contributed by atoms with van der Waals surface area (Å²) in [6, 6.07) is 5.87. The van der Waals surface area contributed by atoms with Crippen LogP contribution in [0.1, 0.15) is 32.3 Å². The third-order valence-electron chi connectivity index (χ3n) is 3.23. The van der Waals surface area contributed by atoms with Crippen molar-refractivity contribution in [3.63, 3.8) is 0 Å². The number of anilines is 1. The topological polar surface area (TPSA) is 74.1 Å². The van der Waals surface area contributed by atoms with Gasteiger partial charge in [-0.3, -0.25) is 0 Å². The molecule has 120 valence electrons. The Bertz CT molecular complexity index is 585. The monoisotopic (exact) mass is 305 g/mol. The summed E-state index contributed by atoms with van der Waals surface area (Å²) in [6.45, 7) is 6.13. The molecule has 0 aliphatic rings. The lowest BCUT2D eigenvalue weighted by Crippen LogP contribution is -2.09. The molecule has 2 aromatic rings. The van der Waals surface area contributed by atoms with Gasteiger partial charge in [-0.15, -0.1) is 0 Å². The second-order valence-corrected chi connectivity index (χ2v) is 4.85. The van der Waals surface area contributed by atoms with Crippen LogP contribution < -0.4 is 14.8 Å². The Kier molecular flexibility index (Phi) is 6.00. The number of rotatable bonds is 9. The van der Waals surface area contributed by atoms with E-state index in [0.29, 0.717) is 19.1 Å². The first-order valence-corrected chi connectivity index (χ1v) is 7.58. The molecule has 0 spiro atoms. The second kappa shape index (κ2) is 8.21. The molecule has 0 bridgehead atoms. The molecule has 1 N–H and O–H groups in total. The molecule has 22 heavy (non-hydrogen) atoms. The number of benzene rings is 1. The number of unbranched alkanes of at least 4 members (excludes halogenated alkanes) is 1. The van der Waals surface area contributed by atoms with E-state index in [1.165, 1.54) is 0 Å². The molecule has 0 saturated heterocycles. The number of nitrogens with zero attached hydrogens (tertiary/aromatic N) is 4. The van der Waals surface area contributed by atoms with Crippen LogP contribution in [0.4, 0.5) is 5.95 Å². The van der Waals surface area contributed by atoms with Crippen LogP contribution in [0.15, 0.2) is 18.2 Å². The highest BCUT2D eigenvalue weighted by molar-refractivity contribution is 5.43. The van der Waals surface area contributed by atoms with Crippen molar-refractivity contribution in [2.75, 3.05) is 19.0 Å². The number of ether oxygens (including phenoxy) is 2. The standard InChI is InChI=1S/C15H23N5O2/c1-4-6-9-20-15(17-18-19-20)16-11-12-7-8-13(21-3)14(10-12)22-5-2/h7-8,10H,4-6,9,11H2,1-3H3,(H,16,17,19). The van der Waals surface area contributed by atoms with Crippen LogP contribution in [-0.4, -0.2) is 33.9 Å². The lowest BCUT2D eigenvalue weighted by Gasteiger charge is -2.12. The van der Waals surface area contributed by atoms with Gasteiger partial charge in [0.1, 0.15) is 0 Å². The van der Waals surface area contributed by atoms with Gasteiger partial charge in [0.15, 0.2) is 11.5 Å². The molecule has 7 heteroatoms. The van der Waals surface area contributed by atoms with Crippen molar-refractivity contribution >= 4 is 5.95 Å². The molecule has 0 radical (unpaired) electrons. The van der Waals surface area contributed by atoms with Crippen molar-refractivity contribution in [1.82, 2.24) is 20.2 Å². The molecule has 0 aliphatic carbocycles. The van der Waals surface area contributed by atoms with E-state index in [-0.39, 0.29) is 0 Å². The SMILES string of the molecule is CCCCn1nnnc1NCc1ccc(OC)c(OCC)c1. The maximum atomic E-state index is 5.58. The van der Waals surface area contributed by atoms with Crippen molar-refractivity contribution < 1.29 is 9.47 Å². The molecule has 7 nitrogen and oxygen atoms in total. The minimum atomic E-state index is 0.600. The number of nitrogens with one attached hydrogen (secondary N) is 1. The zero-order chi connectivity index (χ0) is 15.8. The fraction of sp³-hybridized carbons (Fsp3) is 0.533. The Morgan fingerprint density at radius 1 is 1.23 bits per heavy atom. The van der Waals surface area contributed by atoms with Gasteiger partial charge in [-0.2, -0.15) is 0 Å². The van der Waals surface area contributed by atoms with E-state index in [9.17, 15) is 0 Å². The molecular weight excluding hydrogens is 282 g/mol. The van der Waals surface area contributed by atoms with Gasteiger partial charge in [-0.05, 0) is 41.5 Å². The van der Waals surface area contributed by atoms with Gasteiger partial charge >= 0.3 is 0 Å². The minimum Gasteiger partial charge on any atom is -0.493 e. The maximum absolute atomic E-state index is 5.58. The van der Waals surface area contributed by atoms with Crippen molar-refractivity contribution in [1.29, 1.82) is 0 Å². The second-order valence-electron chi connectivity index (χ2n) is 4.85. The molecular formula is C15H23N5O2. The lowest BCUT2D eigenvalue weighted by atomic mass is 10.2. The Labute approximate surface area is 130 Å². The fourth-order valence-electron chi connectivity index (χ4n) is 2.07. The van der Waals surface area contributed by atoms with Crippen LogP contribution >= 0.6 is 0 Å². The van der Waals surface area contributed by atoms with E-state index in [0.717, 1.165) is 36.4 Å². The van der Waals surface area contributed by atoms with Gasteiger partial charge in [-0.25, -0.2) is 4.68 Å². The van der Waals surface area contributed by atoms with Crippen LogP contribution in [0.25, 0.3) is 0 Å². The average Bonchev–Trinajstić information content (AvgIpc) is 2.99. The number of tetrazole rings is 1. The van der Waals surface area contributed by atoms with E-state index in [1.807, 2.05) is 25.1 Å². The van der Waals surface area contributed by atoms with Gasteiger partial charge in [0.05, 0.1) is 13.7 Å². The van der Waals surface area contributed by atoms with Gasteiger partial charge in [0, 0.05) is 13.1 Å². The van der Waals surface area contributed by atoms with Crippen LogP contribution in [0.2, 0.25) is 0 Å². The van der Waals surface area contributed by atoms with Gasteiger partial charge in [0.25, 0.3) is 0 Å². The average molecular weight is 305 g/mol. The smallest absolute Gasteiger partial charge is 0.243 e. The third kappa shape index (κ3) is 4.09. The number of methoxy groups -OCH3 is 1. The number of aromatic nitrogens is 4. The summed E-state index contributed by atoms with van der Waals surface area (Å²) in [5.41, 5.74) is 1.08. The van der Waals surface area contributed by atoms with Crippen molar-refractivity contribution in [3.05, 3.63) is 23.8 Å². The predicted molar refractivity (Wildman–Crippen MR) is 84.2 cm³/mol. The van der Waals surface area contributed by atoms with Crippen molar-refractivity contribution in [2.45, 2.75) is 39.8 Å². The molecule has 1 aromatic heterocycles. The molecule has 0 aliphatic heterocycles. The molecule has 0 fully saturated rings. The highest BCUT2D eigenvalue weighted by atomic mass is 16.5. The number of aryl methyl sites for hydroxylation is 1. The van der Waals surface area contributed by atoms with Gasteiger partial charge in [-0.1, -0.05) is 24.5 Å². The summed E-state index contributed by atoms with van der Waals surface area (Å²) >= 11 is 0. The maximum Gasteiger partial charge on any atom is 0.243 e. The minimum absolute atomic E-state index is 0.600. The van der Waals surface area contributed by atoms with Crippen LogP contribution in [0.3, 0.4) is 0 Å². The molecule has 0 saturated carbocycles. The summed E-state index contributed by atoms with van der Waals surface area (Å²) in [6.07, 6.45) is 2.16. The van der Waals surface area contributed by atoms with E-state index in [2.05, 4.69) is 27.8 Å². The predicted octanol–water partition coefficient (Wildman–Crippen LogP) is 2.49. The summed E-state index contributed by atoms with van der Waals surface area (Å²) in [5.74, 6) is 2.16. The molecule has 0 unspecified atom stereocenters. The number of hydrogen-bond acceptors (Lipinski definition) is 6. The quantitative estimate of drug-likeness (QED) is 0.767. The van der Waals surface area contributed by atoms with E-state index < -0.39 is 0 Å². The zero-order valence-corrected chi connectivity index (χ0v) is 13.4. The van der Waals surface area contributed by atoms with Crippen molar-refractivity contribution in [3.8, 4) is 11.5 Å². The summed E-state index contributed by atoms with van der Waals surface area (Å²) < 4.78 is 12.7. The summed E-state index contributed by atoms with van der Waals surface area (Å²) in [4.78, 5) is 0. The first kappa shape index (κ1) is 16.1. The Morgan fingerprint density at radius 3 is 2.82 bits per heavy atom. The normalized spacial score (nSPS) is 10.5. The Hall–Kier alpha value is -2.31. The highest BCUT2D eigenvalue weighted by Crippen LogP contribution is 2.28. The van der Waals surface area contributed by atoms with Crippen LogP contribution in [0.5, 0.6) is 11.5 Å². The van der Waals surface area contributed by atoms with Gasteiger partial charge in [0.2, 0.25) is 5.95 Å². The van der Waals surface area contributed by atoms with E-state index in [4.69, 9.17) is 9.47 Å². The third-order valence-corrected chi connectivity index (χ3v) is 3.23. The first-order valence-electron chi connectivity index (χ1n) is 7.58. The zero-order valence-electron chi connectivity index (χ0n) is 13.4. The molecule has 0 atom stereocenters. The molecule has 2 rings (SSSR count). The van der Waals surface area contributed by atoms with Crippen LogP contribution in [-0.2, 0) is 13.1 Å². The number of hydrogen-bond donors (Lipinski definition) is 1.